The molecule has 1 amide bonds. The van der Waals surface area contributed by atoms with Crippen LogP contribution >= 0.6 is 0 Å². The first-order valence-electron chi connectivity index (χ1n) is 9.53. The normalized spacial score (nSPS) is 22.2. The second kappa shape index (κ2) is 7.38. The average Bonchev–Trinajstić information content (AvgIpc) is 3.15. The molecule has 2 heterocycles. The summed E-state index contributed by atoms with van der Waals surface area (Å²) in [5, 5.41) is 7.61. The Morgan fingerprint density at radius 2 is 1.92 bits per heavy atom. The van der Waals surface area contributed by atoms with Gasteiger partial charge >= 0.3 is 0 Å². The molecule has 4 rings (SSSR count). The standard InChI is InChI=1S/C20H26N4O/c25-20(17-11-12-24-18(13-17)21-14-22-24)23-19(15-7-3-1-4-8-15)16-9-5-2-6-10-16/h1,3-4,7-8,14,16-17,19H,2,5-6,9-13H2,(H,23,25). The maximum absolute atomic E-state index is 13.0. The Kier molecular flexibility index (Phi) is 4.81. The first kappa shape index (κ1) is 16.3. The molecule has 5 nitrogen and oxygen atoms in total. The highest BCUT2D eigenvalue weighted by atomic mass is 16.2. The predicted molar refractivity (Wildman–Crippen MR) is 95.7 cm³/mol. The minimum Gasteiger partial charge on any atom is -0.349 e. The summed E-state index contributed by atoms with van der Waals surface area (Å²) < 4.78 is 1.92. The van der Waals surface area contributed by atoms with Crippen molar-refractivity contribution in [3.8, 4) is 0 Å². The van der Waals surface area contributed by atoms with E-state index in [0.29, 0.717) is 12.3 Å². The number of nitrogens with zero attached hydrogens (tertiary/aromatic N) is 3. The summed E-state index contributed by atoms with van der Waals surface area (Å²) in [4.78, 5) is 17.3. The smallest absolute Gasteiger partial charge is 0.224 e. The van der Waals surface area contributed by atoms with Gasteiger partial charge in [0, 0.05) is 18.9 Å². The molecule has 0 bridgehead atoms. The molecular weight excluding hydrogens is 312 g/mol. The van der Waals surface area contributed by atoms with Crippen molar-refractivity contribution in [2.45, 2.75) is 57.5 Å². The van der Waals surface area contributed by atoms with Gasteiger partial charge in [0.15, 0.2) is 0 Å². The predicted octanol–water partition coefficient (Wildman–Crippen LogP) is 3.28. The molecule has 5 heteroatoms. The third-order valence-electron chi connectivity index (χ3n) is 5.76. The van der Waals surface area contributed by atoms with E-state index in [-0.39, 0.29) is 17.9 Å². The van der Waals surface area contributed by atoms with Crippen molar-refractivity contribution in [2.75, 3.05) is 0 Å². The lowest BCUT2D eigenvalue weighted by atomic mass is 9.80. The summed E-state index contributed by atoms with van der Waals surface area (Å²) in [5.41, 5.74) is 1.24. The molecule has 1 N–H and O–H groups in total. The van der Waals surface area contributed by atoms with E-state index in [1.807, 2.05) is 10.7 Å². The Labute approximate surface area is 148 Å². The topological polar surface area (TPSA) is 59.8 Å². The van der Waals surface area contributed by atoms with Gasteiger partial charge in [0.1, 0.15) is 12.2 Å². The van der Waals surface area contributed by atoms with Crippen molar-refractivity contribution in [3.05, 3.63) is 48.0 Å². The molecule has 0 radical (unpaired) electrons. The van der Waals surface area contributed by atoms with Crippen molar-refractivity contribution >= 4 is 5.91 Å². The van der Waals surface area contributed by atoms with Crippen molar-refractivity contribution in [1.82, 2.24) is 20.1 Å². The van der Waals surface area contributed by atoms with E-state index in [2.05, 4.69) is 39.7 Å². The van der Waals surface area contributed by atoms with Crippen LogP contribution in [-0.4, -0.2) is 20.7 Å². The first-order chi connectivity index (χ1) is 12.3. The third-order valence-corrected chi connectivity index (χ3v) is 5.76. The summed E-state index contributed by atoms with van der Waals surface area (Å²) in [7, 11) is 0. The zero-order valence-corrected chi connectivity index (χ0v) is 14.6. The molecule has 1 fully saturated rings. The molecule has 2 atom stereocenters. The lowest BCUT2D eigenvalue weighted by Crippen LogP contribution is -2.40. The van der Waals surface area contributed by atoms with Crippen LogP contribution < -0.4 is 5.32 Å². The number of fused-ring (bicyclic) bond motifs is 1. The van der Waals surface area contributed by atoms with Crippen LogP contribution in [0.15, 0.2) is 36.7 Å². The maximum atomic E-state index is 13.0. The van der Waals surface area contributed by atoms with E-state index in [1.54, 1.807) is 6.33 Å². The molecule has 132 valence electrons. The molecule has 2 aliphatic rings. The second-order valence-corrected chi connectivity index (χ2v) is 7.38. The maximum Gasteiger partial charge on any atom is 0.224 e. The van der Waals surface area contributed by atoms with E-state index in [4.69, 9.17) is 0 Å². The lowest BCUT2D eigenvalue weighted by molar-refractivity contribution is -0.127. The van der Waals surface area contributed by atoms with Crippen LogP contribution in [0.2, 0.25) is 0 Å². The summed E-state index contributed by atoms with van der Waals surface area (Å²) in [6, 6.07) is 10.6. The fourth-order valence-corrected chi connectivity index (χ4v) is 4.33. The largest absolute Gasteiger partial charge is 0.349 e. The Hall–Kier alpha value is -2.17. The fraction of sp³-hybridized carbons (Fsp3) is 0.550. The van der Waals surface area contributed by atoms with Crippen LogP contribution in [-0.2, 0) is 17.8 Å². The van der Waals surface area contributed by atoms with Crippen molar-refractivity contribution in [3.63, 3.8) is 0 Å². The van der Waals surface area contributed by atoms with Crippen LogP contribution in [0.1, 0.15) is 56.0 Å². The quantitative estimate of drug-likeness (QED) is 0.931. The molecule has 1 aromatic carbocycles. The van der Waals surface area contributed by atoms with Gasteiger partial charge in [-0.1, -0.05) is 49.6 Å². The number of amides is 1. The molecule has 2 unspecified atom stereocenters. The molecular formula is C20H26N4O. The van der Waals surface area contributed by atoms with E-state index in [9.17, 15) is 4.79 Å². The number of carbonyl (C=O) groups is 1. The van der Waals surface area contributed by atoms with Gasteiger partial charge in [0.05, 0.1) is 6.04 Å². The van der Waals surface area contributed by atoms with E-state index < -0.39 is 0 Å². The zero-order chi connectivity index (χ0) is 17.1. The van der Waals surface area contributed by atoms with Crippen LogP contribution in [0, 0.1) is 11.8 Å². The summed E-state index contributed by atoms with van der Waals surface area (Å²) in [6.45, 7) is 0.785. The minimum atomic E-state index is 0.00602. The molecule has 2 aromatic rings. The summed E-state index contributed by atoms with van der Waals surface area (Å²) in [6.07, 6.45) is 9.41. The zero-order valence-electron chi connectivity index (χ0n) is 14.6. The highest BCUT2D eigenvalue weighted by Gasteiger charge is 2.31. The van der Waals surface area contributed by atoms with Gasteiger partial charge in [0.25, 0.3) is 0 Å². The average molecular weight is 338 g/mol. The molecule has 0 saturated heterocycles. The third kappa shape index (κ3) is 3.60. The van der Waals surface area contributed by atoms with Gasteiger partial charge in [-0.05, 0) is 30.7 Å². The number of carbonyl (C=O) groups excluding carboxylic acids is 1. The van der Waals surface area contributed by atoms with Crippen LogP contribution in [0.4, 0.5) is 0 Å². The highest BCUT2D eigenvalue weighted by molar-refractivity contribution is 5.79. The van der Waals surface area contributed by atoms with Gasteiger partial charge in [-0.25, -0.2) is 4.98 Å². The Balaban J connectivity index is 1.49. The molecule has 1 aliphatic heterocycles. The van der Waals surface area contributed by atoms with Gasteiger partial charge in [-0.3, -0.25) is 9.48 Å². The van der Waals surface area contributed by atoms with Gasteiger partial charge < -0.3 is 5.32 Å². The minimum absolute atomic E-state index is 0.00602. The van der Waals surface area contributed by atoms with Crippen LogP contribution in [0.25, 0.3) is 0 Å². The van der Waals surface area contributed by atoms with Gasteiger partial charge in [-0.15, -0.1) is 0 Å². The van der Waals surface area contributed by atoms with Crippen molar-refractivity contribution < 1.29 is 4.79 Å². The number of hydrogen-bond donors (Lipinski definition) is 1. The molecule has 1 aliphatic carbocycles. The van der Waals surface area contributed by atoms with Crippen LogP contribution in [0.5, 0.6) is 0 Å². The monoisotopic (exact) mass is 338 g/mol. The van der Waals surface area contributed by atoms with Crippen LogP contribution in [0.3, 0.4) is 0 Å². The summed E-state index contributed by atoms with van der Waals surface area (Å²) in [5.74, 6) is 1.66. The molecule has 25 heavy (non-hydrogen) atoms. The number of aryl methyl sites for hydroxylation is 1. The second-order valence-electron chi connectivity index (χ2n) is 7.38. The lowest BCUT2D eigenvalue weighted by Gasteiger charge is -2.33. The highest BCUT2D eigenvalue weighted by Crippen LogP contribution is 2.35. The Morgan fingerprint density at radius 1 is 1.12 bits per heavy atom. The van der Waals surface area contributed by atoms with Crippen molar-refractivity contribution in [2.24, 2.45) is 11.8 Å². The first-order valence-corrected chi connectivity index (χ1v) is 9.53. The number of hydrogen-bond acceptors (Lipinski definition) is 3. The van der Waals surface area contributed by atoms with E-state index in [1.165, 1.54) is 37.7 Å². The number of aromatic nitrogens is 3. The Morgan fingerprint density at radius 3 is 2.72 bits per heavy atom. The molecule has 0 spiro atoms. The summed E-state index contributed by atoms with van der Waals surface area (Å²) >= 11 is 0. The molecule has 1 saturated carbocycles. The Bertz CT molecular complexity index is 705. The SMILES string of the molecule is O=C(NC(c1ccccc1)C1CCCCC1)C1CCn2ncnc2C1. The van der Waals surface area contributed by atoms with Gasteiger partial charge in [0.2, 0.25) is 5.91 Å². The van der Waals surface area contributed by atoms with Crippen molar-refractivity contribution in [1.29, 1.82) is 0 Å². The number of nitrogens with one attached hydrogen (secondary N) is 1. The fourth-order valence-electron chi connectivity index (χ4n) is 4.33. The van der Waals surface area contributed by atoms with E-state index in [0.717, 1.165) is 18.8 Å². The number of rotatable bonds is 4. The van der Waals surface area contributed by atoms with Gasteiger partial charge in [-0.2, -0.15) is 5.10 Å². The number of benzene rings is 1. The van der Waals surface area contributed by atoms with E-state index >= 15 is 0 Å². The molecule has 1 aromatic heterocycles.